The number of nitrogens with one attached hydrogen (secondary N) is 1. The molecule has 1 N–H and O–H groups in total. The lowest BCUT2D eigenvalue weighted by molar-refractivity contribution is 0.102. The zero-order valence-electron chi connectivity index (χ0n) is 14.1. The number of carbonyl (C=O) groups excluding carboxylic acids is 1. The number of hydrogen-bond acceptors (Lipinski definition) is 4. The molecule has 0 bridgehead atoms. The lowest BCUT2D eigenvalue weighted by Crippen LogP contribution is -2.13. The molecule has 0 aliphatic rings. The van der Waals surface area contributed by atoms with Gasteiger partial charge in [0.05, 0.1) is 27.8 Å². The van der Waals surface area contributed by atoms with Crippen LogP contribution in [-0.4, -0.2) is 20.7 Å². The number of thiazole rings is 1. The fourth-order valence-corrected chi connectivity index (χ4v) is 3.32. The number of anilines is 1. The van der Waals surface area contributed by atoms with Crippen LogP contribution in [0.3, 0.4) is 0 Å². The predicted molar refractivity (Wildman–Crippen MR) is 90.9 cm³/mol. The van der Waals surface area contributed by atoms with Gasteiger partial charge in [0, 0.05) is 12.5 Å². The molecule has 6 heteroatoms. The lowest BCUT2D eigenvalue weighted by Gasteiger charge is -2.05. The maximum Gasteiger partial charge on any atom is 0.267 e. The molecular formula is C16H24N4OS. The first-order valence-corrected chi connectivity index (χ1v) is 8.49. The fraction of sp³-hybridized carbons (Fsp3) is 0.562. The minimum Gasteiger partial charge on any atom is -0.318 e. The summed E-state index contributed by atoms with van der Waals surface area (Å²) in [5.74, 6) is 0.241. The van der Waals surface area contributed by atoms with E-state index in [9.17, 15) is 4.79 Å². The van der Waals surface area contributed by atoms with Gasteiger partial charge < -0.3 is 5.32 Å². The van der Waals surface area contributed by atoms with Gasteiger partial charge in [0.15, 0.2) is 0 Å². The largest absolute Gasteiger partial charge is 0.318 e. The Morgan fingerprint density at radius 2 is 1.95 bits per heavy atom. The first-order valence-electron chi connectivity index (χ1n) is 7.67. The van der Waals surface area contributed by atoms with Crippen LogP contribution in [0.5, 0.6) is 0 Å². The third-order valence-corrected chi connectivity index (χ3v) is 5.03. The molecule has 22 heavy (non-hydrogen) atoms. The van der Waals surface area contributed by atoms with Crippen molar-refractivity contribution in [3.8, 4) is 0 Å². The van der Waals surface area contributed by atoms with Crippen LogP contribution in [-0.2, 0) is 6.54 Å². The van der Waals surface area contributed by atoms with Gasteiger partial charge in [0.1, 0.15) is 4.88 Å². The normalized spacial score (nSPS) is 11.2. The summed E-state index contributed by atoms with van der Waals surface area (Å²) in [6.45, 7) is 12.9. The van der Waals surface area contributed by atoms with E-state index < -0.39 is 0 Å². The number of amides is 1. The third kappa shape index (κ3) is 3.21. The molecule has 0 aromatic carbocycles. The summed E-state index contributed by atoms with van der Waals surface area (Å²) in [6, 6.07) is 0. The summed E-state index contributed by atoms with van der Waals surface area (Å²) in [5, 5.41) is 8.50. The van der Waals surface area contributed by atoms with Crippen molar-refractivity contribution < 1.29 is 4.79 Å². The molecule has 0 unspecified atom stereocenters. The summed E-state index contributed by atoms with van der Waals surface area (Å²) < 4.78 is 1.95. The smallest absolute Gasteiger partial charge is 0.267 e. The summed E-state index contributed by atoms with van der Waals surface area (Å²) in [5.41, 5.74) is 3.46. The second kappa shape index (κ2) is 6.60. The van der Waals surface area contributed by atoms with Crippen molar-refractivity contribution in [2.45, 2.75) is 60.4 Å². The maximum atomic E-state index is 12.6. The molecule has 120 valence electrons. The Balaban J connectivity index is 2.26. The number of aromatic nitrogens is 3. The molecule has 2 aromatic rings. The standard InChI is InChI=1S/C16H24N4OS/c1-7-8-20-12(6)13(10(4)19-20)18-15(21)14-11(5)17-16(22-14)9(2)3/h9H,7-8H2,1-6H3,(H,18,21). The highest BCUT2D eigenvalue weighted by atomic mass is 32.1. The summed E-state index contributed by atoms with van der Waals surface area (Å²) >= 11 is 1.47. The molecule has 2 aromatic heterocycles. The van der Waals surface area contributed by atoms with Crippen molar-refractivity contribution in [3.05, 3.63) is 27.0 Å². The first kappa shape index (κ1) is 16.7. The van der Waals surface area contributed by atoms with Gasteiger partial charge in [-0.15, -0.1) is 11.3 Å². The lowest BCUT2D eigenvalue weighted by atomic mass is 10.2. The Labute approximate surface area is 135 Å². The number of carbonyl (C=O) groups is 1. The van der Waals surface area contributed by atoms with Crippen molar-refractivity contribution in [1.82, 2.24) is 14.8 Å². The van der Waals surface area contributed by atoms with E-state index in [1.165, 1.54) is 11.3 Å². The van der Waals surface area contributed by atoms with E-state index in [1.807, 2.05) is 25.5 Å². The highest BCUT2D eigenvalue weighted by Gasteiger charge is 2.20. The Morgan fingerprint density at radius 1 is 1.27 bits per heavy atom. The minimum absolute atomic E-state index is 0.0934. The zero-order chi connectivity index (χ0) is 16.4. The van der Waals surface area contributed by atoms with Gasteiger partial charge in [-0.1, -0.05) is 20.8 Å². The highest BCUT2D eigenvalue weighted by molar-refractivity contribution is 7.14. The SMILES string of the molecule is CCCn1nc(C)c(NC(=O)c2sc(C(C)C)nc2C)c1C. The molecule has 0 aliphatic carbocycles. The molecule has 0 atom stereocenters. The number of hydrogen-bond donors (Lipinski definition) is 1. The van der Waals surface area contributed by atoms with Crippen LogP contribution < -0.4 is 5.32 Å². The van der Waals surface area contributed by atoms with E-state index in [-0.39, 0.29) is 5.91 Å². The van der Waals surface area contributed by atoms with Crippen LogP contribution in [0.1, 0.15) is 64.9 Å². The average molecular weight is 320 g/mol. The van der Waals surface area contributed by atoms with E-state index >= 15 is 0 Å². The topological polar surface area (TPSA) is 59.8 Å². The second-order valence-electron chi connectivity index (χ2n) is 5.84. The molecule has 0 saturated heterocycles. The molecular weight excluding hydrogens is 296 g/mol. The van der Waals surface area contributed by atoms with Gasteiger partial charge in [-0.2, -0.15) is 5.10 Å². The Morgan fingerprint density at radius 3 is 2.50 bits per heavy atom. The highest BCUT2D eigenvalue weighted by Crippen LogP contribution is 2.27. The maximum absolute atomic E-state index is 12.6. The van der Waals surface area contributed by atoms with Crippen molar-refractivity contribution in [2.75, 3.05) is 5.32 Å². The molecule has 2 rings (SSSR count). The monoisotopic (exact) mass is 320 g/mol. The van der Waals surface area contributed by atoms with Crippen molar-refractivity contribution in [3.63, 3.8) is 0 Å². The van der Waals surface area contributed by atoms with Crippen LogP contribution in [0, 0.1) is 20.8 Å². The van der Waals surface area contributed by atoms with Gasteiger partial charge in [-0.3, -0.25) is 9.48 Å². The molecule has 0 radical (unpaired) electrons. The van der Waals surface area contributed by atoms with E-state index in [0.717, 1.165) is 40.7 Å². The van der Waals surface area contributed by atoms with Crippen molar-refractivity contribution in [2.24, 2.45) is 0 Å². The minimum atomic E-state index is -0.0934. The van der Waals surface area contributed by atoms with Crippen LogP contribution in [0.2, 0.25) is 0 Å². The molecule has 5 nitrogen and oxygen atoms in total. The van der Waals surface area contributed by atoms with Crippen LogP contribution in [0.15, 0.2) is 0 Å². The van der Waals surface area contributed by atoms with Crippen molar-refractivity contribution in [1.29, 1.82) is 0 Å². The van der Waals surface area contributed by atoms with Gasteiger partial charge in [0.2, 0.25) is 0 Å². The summed E-state index contributed by atoms with van der Waals surface area (Å²) in [6.07, 6.45) is 1.01. The van der Waals surface area contributed by atoms with Crippen LogP contribution in [0.4, 0.5) is 5.69 Å². The Bertz CT molecular complexity index is 685. The predicted octanol–water partition coefficient (Wildman–Crippen LogP) is 4.05. The Kier molecular flexibility index (Phi) is 5.01. The van der Waals surface area contributed by atoms with Gasteiger partial charge in [-0.05, 0) is 27.2 Å². The quantitative estimate of drug-likeness (QED) is 0.904. The van der Waals surface area contributed by atoms with E-state index in [4.69, 9.17) is 0 Å². The van der Waals surface area contributed by atoms with E-state index in [1.54, 1.807) is 0 Å². The Hall–Kier alpha value is -1.69. The van der Waals surface area contributed by atoms with Gasteiger partial charge in [0.25, 0.3) is 5.91 Å². The zero-order valence-corrected chi connectivity index (χ0v) is 15.0. The van der Waals surface area contributed by atoms with Gasteiger partial charge >= 0.3 is 0 Å². The number of aryl methyl sites for hydroxylation is 3. The molecule has 1 amide bonds. The van der Waals surface area contributed by atoms with Crippen LogP contribution >= 0.6 is 11.3 Å². The molecule has 2 heterocycles. The van der Waals surface area contributed by atoms with Crippen molar-refractivity contribution >= 4 is 22.9 Å². The summed E-state index contributed by atoms with van der Waals surface area (Å²) in [7, 11) is 0. The number of rotatable bonds is 5. The summed E-state index contributed by atoms with van der Waals surface area (Å²) in [4.78, 5) is 17.7. The molecule has 0 spiro atoms. The fourth-order valence-electron chi connectivity index (χ4n) is 2.35. The number of nitrogens with zero attached hydrogens (tertiary/aromatic N) is 3. The van der Waals surface area contributed by atoms with E-state index in [2.05, 4.69) is 36.2 Å². The average Bonchev–Trinajstić information content (AvgIpc) is 2.95. The molecule has 0 saturated carbocycles. The van der Waals surface area contributed by atoms with E-state index in [0.29, 0.717) is 10.8 Å². The third-order valence-electron chi connectivity index (χ3n) is 3.57. The van der Waals surface area contributed by atoms with Crippen LogP contribution in [0.25, 0.3) is 0 Å². The van der Waals surface area contributed by atoms with Gasteiger partial charge in [-0.25, -0.2) is 4.98 Å². The first-order chi connectivity index (χ1) is 10.3. The second-order valence-corrected chi connectivity index (χ2v) is 6.88. The molecule has 0 fully saturated rings. The molecule has 0 aliphatic heterocycles.